The number of hydrogen-bond donors (Lipinski definition) is 0. The SMILES string of the molecule is C=N/C=C\C1c2cc(-c3ccc4c(c3)c3cnccc3n4-c3ccccc3)ccc2N(c2ccccc2)C1C. The second kappa shape index (κ2) is 9.41. The molecule has 188 valence electrons. The van der Waals surface area contributed by atoms with Crippen molar-refractivity contribution in [3.05, 3.63) is 133 Å². The third-order valence-corrected chi connectivity index (χ3v) is 7.92. The Kier molecular flexibility index (Phi) is 5.59. The summed E-state index contributed by atoms with van der Waals surface area (Å²) in [5.41, 5.74) is 9.62. The van der Waals surface area contributed by atoms with Gasteiger partial charge in [0.05, 0.1) is 11.0 Å². The minimum Gasteiger partial charge on any atom is -0.337 e. The third-order valence-electron chi connectivity index (χ3n) is 7.92. The minimum absolute atomic E-state index is 0.207. The molecule has 4 nitrogen and oxygen atoms in total. The number of para-hydroxylation sites is 2. The molecule has 0 aliphatic carbocycles. The number of hydrogen-bond acceptors (Lipinski definition) is 3. The van der Waals surface area contributed by atoms with E-state index in [2.05, 4.69) is 142 Å². The van der Waals surface area contributed by atoms with Crippen LogP contribution in [0.1, 0.15) is 18.4 Å². The molecular formula is C35H28N4. The first-order valence-corrected chi connectivity index (χ1v) is 13.3. The second-order valence-electron chi connectivity index (χ2n) is 10.1. The first-order chi connectivity index (χ1) is 19.2. The molecule has 0 saturated carbocycles. The van der Waals surface area contributed by atoms with Gasteiger partial charge >= 0.3 is 0 Å². The zero-order chi connectivity index (χ0) is 26.3. The van der Waals surface area contributed by atoms with Gasteiger partial charge < -0.3 is 9.47 Å². The lowest BCUT2D eigenvalue weighted by Gasteiger charge is -2.26. The van der Waals surface area contributed by atoms with Gasteiger partial charge in [-0.15, -0.1) is 0 Å². The quantitative estimate of drug-likeness (QED) is 0.220. The van der Waals surface area contributed by atoms with E-state index in [-0.39, 0.29) is 12.0 Å². The maximum Gasteiger partial charge on any atom is 0.0571 e. The summed E-state index contributed by atoms with van der Waals surface area (Å²) in [7, 11) is 0. The zero-order valence-electron chi connectivity index (χ0n) is 21.8. The molecule has 39 heavy (non-hydrogen) atoms. The van der Waals surface area contributed by atoms with E-state index in [0.29, 0.717) is 0 Å². The molecule has 1 aliphatic heterocycles. The van der Waals surface area contributed by atoms with Crippen molar-refractivity contribution in [3.63, 3.8) is 0 Å². The molecule has 7 rings (SSSR count). The Labute approximate surface area is 228 Å². The average Bonchev–Trinajstić information content (AvgIpc) is 3.47. The molecule has 0 bridgehead atoms. The molecule has 0 amide bonds. The van der Waals surface area contributed by atoms with Crippen LogP contribution in [0.4, 0.5) is 11.4 Å². The molecule has 4 aromatic carbocycles. The van der Waals surface area contributed by atoms with Crippen molar-refractivity contribution >= 4 is 39.9 Å². The molecule has 2 aromatic heterocycles. The highest BCUT2D eigenvalue weighted by molar-refractivity contribution is 6.10. The van der Waals surface area contributed by atoms with Gasteiger partial charge in [-0.2, -0.15) is 0 Å². The summed E-state index contributed by atoms with van der Waals surface area (Å²) in [6.45, 7) is 5.95. The fourth-order valence-corrected chi connectivity index (χ4v) is 6.14. The van der Waals surface area contributed by atoms with Gasteiger partial charge in [-0.25, -0.2) is 0 Å². The van der Waals surface area contributed by atoms with Gasteiger partial charge in [0, 0.05) is 58.4 Å². The van der Waals surface area contributed by atoms with Crippen molar-refractivity contribution < 1.29 is 0 Å². The lowest BCUT2D eigenvalue weighted by molar-refractivity contribution is 0.689. The van der Waals surface area contributed by atoms with Crippen LogP contribution >= 0.6 is 0 Å². The Morgan fingerprint density at radius 3 is 2.23 bits per heavy atom. The third kappa shape index (κ3) is 3.76. The van der Waals surface area contributed by atoms with Gasteiger partial charge in [0.1, 0.15) is 0 Å². The summed E-state index contributed by atoms with van der Waals surface area (Å²) in [6.07, 6.45) is 7.84. The van der Waals surface area contributed by atoms with Crippen LogP contribution in [0.15, 0.2) is 133 Å². The van der Waals surface area contributed by atoms with Crippen molar-refractivity contribution in [2.75, 3.05) is 4.90 Å². The molecule has 2 unspecified atom stereocenters. The average molecular weight is 505 g/mol. The molecule has 0 radical (unpaired) electrons. The number of fused-ring (bicyclic) bond motifs is 4. The molecule has 0 spiro atoms. The molecule has 2 atom stereocenters. The molecule has 6 aromatic rings. The minimum atomic E-state index is 0.207. The summed E-state index contributed by atoms with van der Waals surface area (Å²) < 4.78 is 2.32. The van der Waals surface area contributed by atoms with Crippen molar-refractivity contribution in [2.24, 2.45) is 4.99 Å². The molecular weight excluding hydrogens is 476 g/mol. The van der Waals surface area contributed by atoms with Gasteiger partial charge in [0.25, 0.3) is 0 Å². The summed E-state index contributed by atoms with van der Waals surface area (Å²) in [5, 5.41) is 2.35. The van der Waals surface area contributed by atoms with E-state index < -0.39 is 0 Å². The Hall–Kier alpha value is -4.96. The normalized spacial score (nSPS) is 16.8. The highest BCUT2D eigenvalue weighted by atomic mass is 15.2. The molecule has 0 saturated heterocycles. The monoisotopic (exact) mass is 504 g/mol. The Bertz CT molecular complexity index is 1850. The van der Waals surface area contributed by atoms with Gasteiger partial charge in [0.2, 0.25) is 0 Å². The fourth-order valence-electron chi connectivity index (χ4n) is 6.14. The van der Waals surface area contributed by atoms with Gasteiger partial charge in [0.15, 0.2) is 0 Å². The van der Waals surface area contributed by atoms with Gasteiger partial charge in [-0.1, -0.05) is 54.6 Å². The highest BCUT2D eigenvalue weighted by Crippen LogP contribution is 2.47. The number of aromatic nitrogens is 2. The molecule has 3 heterocycles. The second-order valence-corrected chi connectivity index (χ2v) is 10.1. The summed E-state index contributed by atoms with van der Waals surface area (Å²) in [5.74, 6) is 0.207. The Morgan fingerprint density at radius 2 is 1.46 bits per heavy atom. The van der Waals surface area contributed by atoms with E-state index in [0.717, 1.165) is 16.6 Å². The molecule has 4 heteroatoms. The van der Waals surface area contributed by atoms with Crippen molar-refractivity contribution in [1.82, 2.24) is 9.55 Å². The van der Waals surface area contributed by atoms with E-state index in [4.69, 9.17) is 0 Å². The maximum atomic E-state index is 4.46. The van der Waals surface area contributed by atoms with E-state index in [1.165, 1.54) is 39.0 Å². The fraction of sp³-hybridized carbons (Fsp3) is 0.0857. The van der Waals surface area contributed by atoms with Crippen molar-refractivity contribution in [1.29, 1.82) is 0 Å². The zero-order valence-corrected chi connectivity index (χ0v) is 21.8. The van der Waals surface area contributed by atoms with Crippen LogP contribution in [0.5, 0.6) is 0 Å². The van der Waals surface area contributed by atoms with E-state index in [9.17, 15) is 0 Å². The van der Waals surface area contributed by atoms with Crippen LogP contribution in [0.25, 0.3) is 38.6 Å². The Morgan fingerprint density at radius 1 is 0.769 bits per heavy atom. The number of nitrogens with zero attached hydrogens (tertiary/aromatic N) is 4. The van der Waals surface area contributed by atoms with Crippen LogP contribution in [-0.2, 0) is 0 Å². The van der Waals surface area contributed by atoms with Crippen LogP contribution in [0, 0.1) is 0 Å². The van der Waals surface area contributed by atoms with Crippen LogP contribution in [-0.4, -0.2) is 22.3 Å². The van der Waals surface area contributed by atoms with Gasteiger partial charge in [-0.05, 0) is 84.9 Å². The lowest BCUT2D eigenvalue weighted by Crippen LogP contribution is -2.26. The van der Waals surface area contributed by atoms with Crippen LogP contribution in [0.3, 0.4) is 0 Å². The number of benzene rings is 4. The predicted molar refractivity (Wildman–Crippen MR) is 163 cm³/mol. The van der Waals surface area contributed by atoms with E-state index in [1.54, 1.807) is 0 Å². The van der Waals surface area contributed by atoms with E-state index >= 15 is 0 Å². The summed E-state index contributed by atoms with van der Waals surface area (Å²) >= 11 is 0. The maximum absolute atomic E-state index is 4.46. The standard InChI is InChI=1S/C35H28N4/c1-24-29(17-19-36-2)30-21-25(13-15-33(30)38(24)27-9-5-3-6-10-27)26-14-16-34-31(22-26)32-23-37-20-18-35(32)39(34)28-11-7-4-8-12-28/h3-24,29H,2H2,1H3/b19-17-. The number of aliphatic imine (C=N–C) groups is 1. The van der Waals surface area contributed by atoms with Crippen molar-refractivity contribution in [3.8, 4) is 16.8 Å². The number of anilines is 2. The van der Waals surface area contributed by atoms with Gasteiger partial charge in [-0.3, -0.25) is 9.98 Å². The summed E-state index contributed by atoms with van der Waals surface area (Å²) in [6, 6.07) is 37.1. The highest BCUT2D eigenvalue weighted by Gasteiger charge is 2.35. The molecule has 0 fully saturated rings. The topological polar surface area (TPSA) is 33.4 Å². The lowest BCUT2D eigenvalue weighted by atomic mass is 9.92. The van der Waals surface area contributed by atoms with E-state index in [1.807, 2.05) is 18.6 Å². The smallest absolute Gasteiger partial charge is 0.0571 e. The largest absolute Gasteiger partial charge is 0.337 e. The van der Waals surface area contributed by atoms with Crippen LogP contribution < -0.4 is 4.90 Å². The first kappa shape index (κ1) is 23.2. The van der Waals surface area contributed by atoms with Crippen LogP contribution in [0.2, 0.25) is 0 Å². The van der Waals surface area contributed by atoms with Crippen molar-refractivity contribution in [2.45, 2.75) is 18.9 Å². The number of rotatable bonds is 5. The number of pyridine rings is 1. The summed E-state index contributed by atoms with van der Waals surface area (Å²) in [4.78, 5) is 10.9. The molecule has 1 aliphatic rings. The Balaban J connectivity index is 1.39. The first-order valence-electron chi connectivity index (χ1n) is 13.3. The predicted octanol–water partition coefficient (Wildman–Crippen LogP) is 8.68. The molecule has 0 N–H and O–H groups in total.